The molecular formula is C30H38N4O7. The highest BCUT2D eigenvalue weighted by molar-refractivity contribution is 6.04. The van der Waals surface area contributed by atoms with Crippen LogP contribution in [0.1, 0.15) is 57.9 Å². The highest BCUT2D eigenvalue weighted by atomic mass is 16.5. The lowest BCUT2D eigenvalue weighted by Gasteiger charge is -2.35. The van der Waals surface area contributed by atoms with Gasteiger partial charge in [0.1, 0.15) is 17.6 Å². The third-order valence-corrected chi connectivity index (χ3v) is 5.89. The number of hydrogen-bond acceptors (Lipinski definition) is 8. The Morgan fingerprint density at radius 3 is 2.32 bits per heavy atom. The standard InChI is InChI=1S/C30H38N4O7/c1-8-40-22-14-10-9-13-21(22)34(26(36)17-16-25(35)31-24-18-19(2)41-33-24)27(29(37)32-30(3,4)5)20-12-11-15-23(38-6)28(20)39-7/h9-15,18,27H,8,16-17H2,1-7H3,(H,32,37)(H,31,33,35). The van der Waals surface area contributed by atoms with Crippen molar-refractivity contribution in [2.45, 2.75) is 59.0 Å². The molecule has 2 N–H and O–H groups in total. The molecule has 1 heterocycles. The molecule has 0 radical (unpaired) electrons. The van der Waals surface area contributed by atoms with Crippen LogP contribution in [0.3, 0.4) is 0 Å². The molecule has 1 aromatic heterocycles. The SMILES string of the molecule is CCOc1ccccc1N(C(=O)CCC(=O)Nc1cc(C)on1)C(C(=O)NC(C)(C)C)c1cccc(OC)c1OC. The number of benzene rings is 2. The Hall–Kier alpha value is -4.54. The van der Waals surface area contributed by atoms with Gasteiger partial charge in [0.2, 0.25) is 17.7 Å². The molecule has 0 fully saturated rings. The number of carbonyl (C=O) groups is 3. The molecule has 0 bridgehead atoms. The number of hydrogen-bond donors (Lipinski definition) is 2. The average molecular weight is 567 g/mol. The zero-order chi connectivity index (χ0) is 30.2. The van der Waals surface area contributed by atoms with Gasteiger partial charge in [0.25, 0.3) is 0 Å². The van der Waals surface area contributed by atoms with Gasteiger partial charge in [0, 0.05) is 30.0 Å². The van der Waals surface area contributed by atoms with E-state index in [1.807, 2.05) is 27.7 Å². The van der Waals surface area contributed by atoms with E-state index in [1.165, 1.54) is 19.1 Å². The number of aryl methyl sites for hydroxylation is 1. The van der Waals surface area contributed by atoms with Crippen LogP contribution in [0.25, 0.3) is 0 Å². The summed E-state index contributed by atoms with van der Waals surface area (Å²) >= 11 is 0. The summed E-state index contributed by atoms with van der Waals surface area (Å²) in [6, 6.07) is 12.5. The first kappa shape index (κ1) is 31.0. The largest absolute Gasteiger partial charge is 0.493 e. The van der Waals surface area contributed by atoms with Gasteiger partial charge in [0.15, 0.2) is 17.3 Å². The van der Waals surface area contributed by atoms with Gasteiger partial charge in [0.05, 0.1) is 26.5 Å². The molecule has 0 aliphatic carbocycles. The molecule has 3 aromatic rings. The Bertz CT molecular complexity index is 1360. The van der Waals surface area contributed by atoms with E-state index in [4.69, 9.17) is 18.7 Å². The van der Waals surface area contributed by atoms with Gasteiger partial charge in [-0.3, -0.25) is 19.3 Å². The van der Waals surface area contributed by atoms with Crippen LogP contribution < -0.4 is 29.7 Å². The summed E-state index contributed by atoms with van der Waals surface area (Å²) in [6.45, 7) is 9.41. The molecule has 0 aliphatic heterocycles. The summed E-state index contributed by atoms with van der Waals surface area (Å²) in [5.74, 6) is 0.521. The maximum absolute atomic E-state index is 14.1. The number of nitrogens with one attached hydrogen (secondary N) is 2. The number of carbonyl (C=O) groups excluding carboxylic acids is 3. The van der Waals surface area contributed by atoms with E-state index in [2.05, 4.69) is 15.8 Å². The Kier molecular flexibility index (Phi) is 10.3. The fourth-order valence-electron chi connectivity index (χ4n) is 4.29. The summed E-state index contributed by atoms with van der Waals surface area (Å²) in [7, 11) is 2.96. The maximum Gasteiger partial charge on any atom is 0.248 e. The Balaban J connectivity index is 2.12. The molecule has 1 atom stereocenters. The lowest BCUT2D eigenvalue weighted by molar-refractivity contribution is -0.128. The zero-order valence-corrected chi connectivity index (χ0v) is 24.6. The van der Waals surface area contributed by atoms with Gasteiger partial charge in [-0.05, 0) is 52.8 Å². The van der Waals surface area contributed by atoms with Gasteiger partial charge in [-0.25, -0.2) is 0 Å². The number of ether oxygens (including phenoxy) is 3. The normalized spacial score (nSPS) is 11.8. The number of amides is 3. The third kappa shape index (κ3) is 8.00. The van der Waals surface area contributed by atoms with Crippen molar-refractivity contribution >= 4 is 29.2 Å². The van der Waals surface area contributed by atoms with Crippen LogP contribution in [0.5, 0.6) is 17.2 Å². The molecule has 0 saturated carbocycles. The van der Waals surface area contributed by atoms with Gasteiger partial charge < -0.3 is 29.4 Å². The molecule has 1 unspecified atom stereocenters. The minimum atomic E-state index is -1.20. The van der Waals surface area contributed by atoms with Crippen LogP contribution >= 0.6 is 0 Å². The number of para-hydroxylation sites is 3. The maximum atomic E-state index is 14.1. The van der Waals surface area contributed by atoms with E-state index < -0.39 is 29.3 Å². The first-order chi connectivity index (χ1) is 19.5. The summed E-state index contributed by atoms with van der Waals surface area (Å²) in [5.41, 5.74) is 0.146. The molecule has 3 amide bonds. The number of rotatable bonds is 12. The van der Waals surface area contributed by atoms with Crippen LogP contribution in [0.15, 0.2) is 53.1 Å². The number of methoxy groups -OCH3 is 2. The van der Waals surface area contributed by atoms with E-state index in [0.717, 1.165) is 0 Å². The summed E-state index contributed by atoms with van der Waals surface area (Å²) < 4.78 is 22.0. The van der Waals surface area contributed by atoms with Crippen molar-refractivity contribution in [1.29, 1.82) is 0 Å². The molecule has 41 heavy (non-hydrogen) atoms. The monoisotopic (exact) mass is 566 g/mol. The van der Waals surface area contributed by atoms with Gasteiger partial charge in [-0.15, -0.1) is 0 Å². The summed E-state index contributed by atoms with van der Waals surface area (Å²) in [5, 5.41) is 9.38. The first-order valence-electron chi connectivity index (χ1n) is 13.3. The molecule has 11 nitrogen and oxygen atoms in total. The van der Waals surface area contributed by atoms with E-state index >= 15 is 0 Å². The van der Waals surface area contributed by atoms with Crippen LogP contribution in [-0.4, -0.2) is 49.2 Å². The Morgan fingerprint density at radius 2 is 1.71 bits per heavy atom. The molecule has 2 aromatic carbocycles. The second-order valence-corrected chi connectivity index (χ2v) is 10.3. The predicted octanol–water partition coefficient (Wildman–Crippen LogP) is 4.81. The lowest BCUT2D eigenvalue weighted by Crippen LogP contribution is -2.49. The quantitative estimate of drug-likeness (QED) is 0.319. The van der Waals surface area contributed by atoms with Crippen molar-refractivity contribution in [2.24, 2.45) is 0 Å². The molecule has 11 heteroatoms. The Labute approximate surface area is 240 Å². The minimum Gasteiger partial charge on any atom is -0.493 e. The van der Waals surface area contributed by atoms with Gasteiger partial charge in [-0.2, -0.15) is 0 Å². The molecule has 3 rings (SSSR count). The third-order valence-electron chi connectivity index (χ3n) is 5.89. The molecule has 220 valence electrons. The molecule has 0 spiro atoms. The predicted molar refractivity (Wildman–Crippen MR) is 154 cm³/mol. The summed E-state index contributed by atoms with van der Waals surface area (Å²) in [6.07, 6.45) is -0.379. The van der Waals surface area contributed by atoms with Gasteiger partial charge >= 0.3 is 0 Å². The average Bonchev–Trinajstić information content (AvgIpc) is 3.33. The first-order valence-corrected chi connectivity index (χ1v) is 13.3. The van der Waals surface area contributed by atoms with Crippen molar-refractivity contribution in [1.82, 2.24) is 10.5 Å². The minimum absolute atomic E-state index is 0.166. The highest BCUT2D eigenvalue weighted by Crippen LogP contribution is 2.42. The van der Waals surface area contributed by atoms with E-state index in [-0.39, 0.29) is 18.7 Å². The second-order valence-electron chi connectivity index (χ2n) is 10.3. The molecule has 0 aliphatic rings. The number of anilines is 2. The fourth-order valence-corrected chi connectivity index (χ4v) is 4.29. The van der Waals surface area contributed by atoms with Crippen molar-refractivity contribution in [3.05, 3.63) is 59.9 Å². The van der Waals surface area contributed by atoms with Crippen molar-refractivity contribution < 1.29 is 33.1 Å². The highest BCUT2D eigenvalue weighted by Gasteiger charge is 2.38. The van der Waals surface area contributed by atoms with E-state index in [0.29, 0.717) is 40.9 Å². The fraction of sp³-hybridized carbons (Fsp3) is 0.400. The summed E-state index contributed by atoms with van der Waals surface area (Å²) in [4.78, 5) is 42.2. The molecule has 0 saturated heterocycles. The zero-order valence-electron chi connectivity index (χ0n) is 24.6. The smallest absolute Gasteiger partial charge is 0.248 e. The van der Waals surface area contributed by atoms with Crippen molar-refractivity contribution in [2.75, 3.05) is 31.0 Å². The van der Waals surface area contributed by atoms with Crippen LogP contribution in [0.4, 0.5) is 11.5 Å². The lowest BCUT2D eigenvalue weighted by atomic mass is 9.98. The van der Waals surface area contributed by atoms with Crippen molar-refractivity contribution in [3.8, 4) is 17.2 Å². The van der Waals surface area contributed by atoms with Crippen LogP contribution in [-0.2, 0) is 14.4 Å². The van der Waals surface area contributed by atoms with E-state index in [9.17, 15) is 14.4 Å². The Morgan fingerprint density at radius 1 is 1.00 bits per heavy atom. The second kappa shape index (κ2) is 13.7. The van der Waals surface area contributed by atoms with Crippen LogP contribution in [0.2, 0.25) is 0 Å². The number of nitrogens with zero attached hydrogens (tertiary/aromatic N) is 2. The van der Waals surface area contributed by atoms with Crippen molar-refractivity contribution in [3.63, 3.8) is 0 Å². The topological polar surface area (TPSA) is 132 Å². The van der Waals surface area contributed by atoms with Crippen LogP contribution in [0, 0.1) is 6.92 Å². The van der Waals surface area contributed by atoms with Gasteiger partial charge in [-0.1, -0.05) is 29.4 Å². The van der Waals surface area contributed by atoms with E-state index in [1.54, 1.807) is 55.5 Å². The number of aromatic nitrogens is 1. The molecular weight excluding hydrogens is 528 g/mol.